The molecule has 102 valence electrons. The quantitative estimate of drug-likeness (QED) is 0.753. The molecule has 19 heavy (non-hydrogen) atoms. The summed E-state index contributed by atoms with van der Waals surface area (Å²) in [5.74, 6) is 1.02. The zero-order valence-corrected chi connectivity index (χ0v) is 11.9. The summed E-state index contributed by atoms with van der Waals surface area (Å²) in [6.07, 6.45) is 2.27. The normalized spacial score (nSPS) is 10.8. The Hall–Kier alpha value is -1.54. The van der Waals surface area contributed by atoms with Gasteiger partial charge >= 0.3 is 0 Å². The molecule has 0 saturated carbocycles. The maximum atomic E-state index is 5.94. The second-order valence-electron chi connectivity index (χ2n) is 4.75. The smallest absolute Gasteiger partial charge is 0.124 e. The number of rotatable bonds is 7. The molecule has 2 aromatic rings. The summed E-state index contributed by atoms with van der Waals surface area (Å²) in [5.41, 5.74) is 1.27. The first-order valence-electron chi connectivity index (χ1n) is 7.21. The standard InChI is InChI=1S/C17H23NO/c1-3-5-12-19-17-11-10-14-8-6-7-9-15(14)16(17)13-18-4-2/h6-11,18H,3-5,12-13H2,1-2H3. The minimum absolute atomic E-state index is 0.800. The zero-order valence-electron chi connectivity index (χ0n) is 11.9. The third-order valence-electron chi connectivity index (χ3n) is 3.30. The van der Waals surface area contributed by atoms with Crippen LogP contribution >= 0.6 is 0 Å². The topological polar surface area (TPSA) is 21.3 Å². The van der Waals surface area contributed by atoms with Crippen LogP contribution in [-0.4, -0.2) is 13.2 Å². The minimum Gasteiger partial charge on any atom is -0.493 e. The fourth-order valence-electron chi connectivity index (χ4n) is 2.21. The van der Waals surface area contributed by atoms with E-state index in [0.717, 1.165) is 38.3 Å². The van der Waals surface area contributed by atoms with Gasteiger partial charge in [-0.3, -0.25) is 0 Å². The van der Waals surface area contributed by atoms with Crippen molar-refractivity contribution in [3.05, 3.63) is 42.0 Å². The van der Waals surface area contributed by atoms with Gasteiger partial charge in [0.05, 0.1) is 6.61 Å². The number of benzene rings is 2. The molecule has 0 amide bonds. The lowest BCUT2D eigenvalue weighted by atomic mass is 10.0. The molecular formula is C17H23NO. The number of unbranched alkanes of at least 4 members (excludes halogenated alkanes) is 1. The second-order valence-corrected chi connectivity index (χ2v) is 4.75. The van der Waals surface area contributed by atoms with Crippen molar-refractivity contribution in [1.29, 1.82) is 0 Å². The predicted molar refractivity (Wildman–Crippen MR) is 81.7 cm³/mol. The van der Waals surface area contributed by atoms with Crippen molar-refractivity contribution in [3.8, 4) is 5.75 Å². The minimum atomic E-state index is 0.800. The van der Waals surface area contributed by atoms with Gasteiger partial charge in [0.15, 0.2) is 0 Å². The van der Waals surface area contributed by atoms with Gasteiger partial charge in [-0.1, -0.05) is 50.6 Å². The summed E-state index contributed by atoms with van der Waals surface area (Å²) >= 11 is 0. The first-order valence-corrected chi connectivity index (χ1v) is 7.21. The molecule has 0 aromatic heterocycles. The van der Waals surface area contributed by atoms with Crippen LogP contribution in [0.25, 0.3) is 10.8 Å². The van der Waals surface area contributed by atoms with E-state index in [0.29, 0.717) is 0 Å². The van der Waals surface area contributed by atoms with Crippen LogP contribution in [0.4, 0.5) is 0 Å². The average Bonchev–Trinajstić information content (AvgIpc) is 2.46. The van der Waals surface area contributed by atoms with Gasteiger partial charge in [0.25, 0.3) is 0 Å². The molecule has 0 bridgehead atoms. The highest BCUT2D eigenvalue weighted by atomic mass is 16.5. The predicted octanol–water partition coefficient (Wildman–Crippen LogP) is 4.13. The van der Waals surface area contributed by atoms with E-state index in [2.05, 4.69) is 55.6 Å². The Morgan fingerprint density at radius 1 is 1.05 bits per heavy atom. The van der Waals surface area contributed by atoms with Gasteiger partial charge in [-0.05, 0) is 29.8 Å². The first kappa shape index (κ1) is 13.9. The van der Waals surface area contributed by atoms with E-state index in [9.17, 15) is 0 Å². The van der Waals surface area contributed by atoms with E-state index < -0.39 is 0 Å². The Morgan fingerprint density at radius 3 is 2.68 bits per heavy atom. The highest BCUT2D eigenvalue weighted by molar-refractivity contribution is 5.87. The van der Waals surface area contributed by atoms with E-state index in [4.69, 9.17) is 4.74 Å². The van der Waals surface area contributed by atoms with Crippen molar-refractivity contribution in [2.45, 2.75) is 33.2 Å². The van der Waals surface area contributed by atoms with Crippen LogP contribution in [0.1, 0.15) is 32.3 Å². The summed E-state index contributed by atoms with van der Waals surface area (Å²) in [7, 11) is 0. The zero-order chi connectivity index (χ0) is 13.5. The first-order chi connectivity index (χ1) is 9.36. The van der Waals surface area contributed by atoms with Gasteiger partial charge < -0.3 is 10.1 Å². The van der Waals surface area contributed by atoms with E-state index in [1.54, 1.807) is 0 Å². The molecule has 0 unspecified atom stereocenters. The van der Waals surface area contributed by atoms with Gasteiger partial charge in [-0.2, -0.15) is 0 Å². The van der Waals surface area contributed by atoms with Crippen molar-refractivity contribution < 1.29 is 4.74 Å². The van der Waals surface area contributed by atoms with Gasteiger partial charge in [0.2, 0.25) is 0 Å². The molecule has 2 aromatic carbocycles. The Bertz CT molecular complexity index is 522. The van der Waals surface area contributed by atoms with Gasteiger partial charge in [-0.25, -0.2) is 0 Å². The molecule has 2 nitrogen and oxygen atoms in total. The van der Waals surface area contributed by atoms with Gasteiger partial charge in [0.1, 0.15) is 5.75 Å². The van der Waals surface area contributed by atoms with Gasteiger partial charge in [-0.15, -0.1) is 0 Å². The second kappa shape index (κ2) is 7.15. The summed E-state index contributed by atoms with van der Waals surface area (Å²) < 4.78 is 5.94. The molecule has 0 aliphatic rings. The Morgan fingerprint density at radius 2 is 1.89 bits per heavy atom. The van der Waals surface area contributed by atoms with Crippen LogP contribution in [0.15, 0.2) is 36.4 Å². The van der Waals surface area contributed by atoms with Crippen LogP contribution in [0.3, 0.4) is 0 Å². The maximum absolute atomic E-state index is 5.94. The summed E-state index contributed by atoms with van der Waals surface area (Å²) in [5, 5.41) is 5.97. The van der Waals surface area contributed by atoms with E-state index in [-0.39, 0.29) is 0 Å². The fraction of sp³-hybridized carbons (Fsp3) is 0.412. The van der Waals surface area contributed by atoms with Crippen molar-refractivity contribution in [2.24, 2.45) is 0 Å². The van der Waals surface area contributed by atoms with E-state index >= 15 is 0 Å². The van der Waals surface area contributed by atoms with Crippen LogP contribution in [-0.2, 0) is 6.54 Å². The Labute approximate surface area is 115 Å². The van der Waals surface area contributed by atoms with Crippen molar-refractivity contribution in [1.82, 2.24) is 5.32 Å². The molecule has 0 spiro atoms. The van der Waals surface area contributed by atoms with Gasteiger partial charge in [0, 0.05) is 12.1 Å². The van der Waals surface area contributed by atoms with Crippen LogP contribution in [0.5, 0.6) is 5.75 Å². The molecule has 0 radical (unpaired) electrons. The molecule has 2 rings (SSSR count). The molecule has 0 saturated heterocycles. The van der Waals surface area contributed by atoms with Crippen LogP contribution in [0.2, 0.25) is 0 Å². The van der Waals surface area contributed by atoms with Crippen molar-refractivity contribution in [2.75, 3.05) is 13.2 Å². The number of hydrogen-bond acceptors (Lipinski definition) is 2. The van der Waals surface area contributed by atoms with Crippen molar-refractivity contribution in [3.63, 3.8) is 0 Å². The molecular weight excluding hydrogens is 234 g/mol. The Kier molecular flexibility index (Phi) is 5.22. The summed E-state index contributed by atoms with van der Waals surface area (Å²) in [6.45, 7) is 6.94. The lowest BCUT2D eigenvalue weighted by Gasteiger charge is -2.14. The van der Waals surface area contributed by atoms with E-state index in [1.807, 2.05) is 0 Å². The lowest BCUT2D eigenvalue weighted by molar-refractivity contribution is 0.306. The SMILES string of the molecule is CCCCOc1ccc2ccccc2c1CNCC. The monoisotopic (exact) mass is 257 g/mol. The molecule has 0 fully saturated rings. The number of hydrogen-bond donors (Lipinski definition) is 1. The van der Waals surface area contributed by atoms with E-state index in [1.165, 1.54) is 16.3 Å². The molecule has 1 N–H and O–H groups in total. The number of fused-ring (bicyclic) bond motifs is 1. The molecule has 0 aliphatic heterocycles. The lowest BCUT2D eigenvalue weighted by Crippen LogP contribution is -2.13. The average molecular weight is 257 g/mol. The van der Waals surface area contributed by atoms with Crippen molar-refractivity contribution >= 4 is 10.8 Å². The third kappa shape index (κ3) is 3.48. The number of ether oxygens (including phenoxy) is 1. The molecule has 0 aliphatic carbocycles. The Balaban J connectivity index is 2.32. The molecule has 2 heteroatoms. The highest BCUT2D eigenvalue weighted by Gasteiger charge is 2.08. The molecule has 0 heterocycles. The van der Waals surface area contributed by atoms with Crippen LogP contribution in [0, 0.1) is 0 Å². The third-order valence-corrected chi connectivity index (χ3v) is 3.30. The highest BCUT2D eigenvalue weighted by Crippen LogP contribution is 2.28. The fourth-order valence-corrected chi connectivity index (χ4v) is 2.21. The summed E-state index contributed by atoms with van der Waals surface area (Å²) in [6, 6.07) is 12.7. The number of nitrogens with one attached hydrogen (secondary N) is 1. The largest absolute Gasteiger partial charge is 0.493 e. The molecule has 0 atom stereocenters. The maximum Gasteiger partial charge on any atom is 0.124 e. The van der Waals surface area contributed by atoms with Crippen LogP contribution < -0.4 is 10.1 Å². The summed E-state index contributed by atoms with van der Waals surface area (Å²) in [4.78, 5) is 0.